The lowest BCUT2D eigenvalue weighted by Gasteiger charge is -2.01. The molecule has 0 spiro atoms. The summed E-state index contributed by atoms with van der Waals surface area (Å²) in [7, 11) is 0. The van der Waals surface area contributed by atoms with Gasteiger partial charge in [-0.25, -0.2) is 13.8 Å². The van der Waals surface area contributed by atoms with Crippen molar-refractivity contribution in [2.45, 2.75) is 6.42 Å². The van der Waals surface area contributed by atoms with Crippen LogP contribution in [0.1, 0.15) is 17.1 Å². The molecule has 86 valence electrons. The summed E-state index contributed by atoms with van der Waals surface area (Å²) in [6.07, 6.45) is -0.0790. The molecule has 2 aromatic rings. The predicted octanol–water partition coefficient (Wildman–Crippen LogP) is 1.73. The number of hydrogen-bond donors (Lipinski definition) is 2. The minimum Gasteiger partial charge on any atom is -0.381 e. The van der Waals surface area contributed by atoms with Crippen molar-refractivity contribution in [3.8, 4) is 6.07 Å². The second kappa shape index (κ2) is 4.22. The summed E-state index contributed by atoms with van der Waals surface area (Å²) in [5.41, 5.74) is 5.42. The van der Waals surface area contributed by atoms with Crippen LogP contribution in [0, 0.1) is 23.0 Å². The lowest BCUT2D eigenvalue weighted by molar-refractivity contribution is 0.559. The van der Waals surface area contributed by atoms with Gasteiger partial charge < -0.3 is 10.7 Å². The number of nitrogens with two attached hydrogens (primary N) is 1. The van der Waals surface area contributed by atoms with E-state index in [0.717, 1.165) is 12.1 Å². The third-order valence-corrected chi connectivity index (χ3v) is 2.30. The highest BCUT2D eigenvalue weighted by atomic mass is 19.1. The first kappa shape index (κ1) is 11.1. The zero-order valence-electron chi connectivity index (χ0n) is 8.67. The quantitative estimate of drug-likeness (QED) is 0.830. The summed E-state index contributed by atoms with van der Waals surface area (Å²) in [6, 6.07) is 5.41. The number of aromatic nitrogens is 2. The Kier molecular flexibility index (Phi) is 2.75. The highest BCUT2D eigenvalue weighted by Gasteiger charge is 2.13. The third-order valence-electron chi connectivity index (χ3n) is 2.30. The molecule has 0 atom stereocenters. The molecule has 0 bridgehead atoms. The van der Waals surface area contributed by atoms with Crippen molar-refractivity contribution in [3.05, 3.63) is 46.9 Å². The van der Waals surface area contributed by atoms with Gasteiger partial charge in [-0.15, -0.1) is 0 Å². The average molecular weight is 234 g/mol. The fourth-order valence-corrected chi connectivity index (χ4v) is 1.48. The molecule has 1 heterocycles. The summed E-state index contributed by atoms with van der Waals surface area (Å²) >= 11 is 0. The largest absolute Gasteiger partial charge is 0.381 e. The van der Waals surface area contributed by atoms with E-state index in [9.17, 15) is 8.78 Å². The molecule has 3 N–H and O–H groups in total. The van der Waals surface area contributed by atoms with Crippen LogP contribution in [-0.4, -0.2) is 9.97 Å². The van der Waals surface area contributed by atoms with Gasteiger partial charge in [-0.1, -0.05) is 6.07 Å². The van der Waals surface area contributed by atoms with Crippen molar-refractivity contribution in [2.75, 3.05) is 5.73 Å². The summed E-state index contributed by atoms with van der Waals surface area (Å²) in [5, 5.41) is 8.66. The van der Waals surface area contributed by atoms with Crippen molar-refractivity contribution < 1.29 is 8.78 Å². The van der Waals surface area contributed by atoms with Gasteiger partial charge in [0.25, 0.3) is 0 Å². The third kappa shape index (κ3) is 2.08. The molecular formula is C11H8F2N4. The number of anilines is 1. The van der Waals surface area contributed by atoms with Crippen molar-refractivity contribution in [3.63, 3.8) is 0 Å². The Morgan fingerprint density at radius 1 is 1.35 bits per heavy atom. The molecule has 1 aromatic carbocycles. The minimum absolute atomic E-state index is 0.0271. The van der Waals surface area contributed by atoms with Gasteiger partial charge in [0, 0.05) is 12.0 Å². The van der Waals surface area contributed by atoms with E-state index in [4.69, 9.17) is 11.0 Å². The molecule has 0 fully saturated rings. The maximum Gasteiger partial charge on any atom is 0.161 e. The van der Waals surface area contributed by atoms with E-state index in [1.54, 1.807) is 6.07 Å². The lowest BCUT2D eigenvalue weighted by Crippen LogP contribution is -1.98. The molecule has 0 aliphatic rings. The Morgan fingerprint density at radius 2 is 2.00 bits per heavy atom. The van der Waals surface area contributed by atoms with Gasteiger partial charge in [0.05, 0.1) is 0 Å². The molecule has 0 saturated carbocycles. The average Bonchev–Trinajstić information content (AvgIpc) is 2.64. The maximum absolute atomic E-state index is 13.3. The number of nitrogens with zero attached hydrogens (tertiary/aromatic N) is 2. The zero-order valence-corrected chi connectivity index (χ0v) is 8.67. The van der Waals surface area contributed by atoms with Crippen LogP contribution in [0.25, 0.3) is 0 Å². The number of benzene rings is 1. The van der Waals surface area contributed by atoms with Gasteiger partial charge >= 0.3 is 0 Å². The smallest absolute Gasteiger partial charge is 0.161 e. The highest BCUT2D eigenvalue weighted by molar-refractivity contribution is 5.44. The molecule has 2 rings (SSSR count). The molecule has 0 unspecified atom stereocenters. The molecular weight excluding hydrogens is 226 g/mol. The van der Waals surface area contributed by atoms with Crippen LogP contribution < -0.4 is 5.73 Å². The van der Waals surface area contributed by atoms with Crippen LogP contribution in [0.2, 0.25) is 0 Å². The number of nitrogen functional groups attached to an aromatic ring is 1. The molecule has 0 aliphatic heterocycles. The Labute approximate surface area is 95.7 Å². The van der Waals surface area contributed by atoms with Gasteiger partial charge in [-0.05, 0) is 12.1 Å². The summed E-state index contributed by atoms with van der Waals surface area (Å²) in [4.78, 5) is 6.43. The molecule has 4 nitrogen and oxygen atoms in total. The topological polar surface area (TPSA) is 78.5 Å². The number of halogens is 2. The predicted molar refractivity (Wildman–Crippen MR) is 56.9 cm³/mol. The van der Waals surface area contributed by atoms with Gasteiger partial charge in [0.2, 0.25) is 0 Å². The van der Waals surface area contributed by atoms with Gasteiger partial charge in [-0.3, -0.25) is 0 Å². The van der Waals surface area contributed by atoms with Crippen molar-refractivity contribution in [1.29, 1.82) is 5.26 Å². The van der Waals surface area contributed by atoms with E-state index >= 15 is 0 Å². The number of rotatable bonds is 2. The van der Waals surface area contributed by atoms with Crippen molar-refractivity contribution >= 4 is 5.82 Å². The standard InChI is InChI=1S/C11H8F2N4/c12-7-2-1-3-8(13)6(7)4-10-16-9(5-14)11(15)17-10/h1-3H,4,15H2,(H,16,17). The first-order valence-corrected chi connectivity index (χ1v) is 4.79. The Balaban J connectivity index is 2.35. The van der Waals surface area contributed by atoms with Crippen LogP contribution in [0.4, 0.5) is 14.6 Å². The van der Waals surface area contributed by atoms with Gasteiger partial charge in [0.1, 0.15) is 23.5 Å². The SMILES string of the molecule is N#Cc1[nH]c(Cc2c(F)cccc2F)nc1N. The van der Waals surface area contributed by atoms with Crippen LogP contribution in [-0.2, 0) is 6.42 Å². The lowest BCUT2D eigenvalue weighted by atomic mass is 10.1. The summed E-state index contributed by atoms with van der Waals surface area (Å²) in [6.45, 7) is 0. The van der Waals surface area contributed by atoms with Crippen LogP contribution in [0.15, 0.2) is 18.2 Å². The van der Waals surface area contributed by atoms with Crippen LogP contribution in [0.3, 0.4) is 0 Å². The van der Waals surface area contributed by atoms with Gasteiger partial charge in [-0.2, -0.15) is 5.26 Å². The number of nitriles is 1. The molecule has 0 radical (unpaired) electrons. The Morgan fingerprint density at radius 3 is 2.53 bits per heavy atom. The number of aromatic amines is 1. The fraction of sp³-hybridized carbons (Fsp3) is 0.0909. The molecule has 0 aliphatic carbocycles. The molecule has 1 aromatic heterocycles. The van der Waals surface area contributed by atoms with Crippen LogP contribution in [0.5, 0.6) is 0 Å². The van der Waals surface area contributed by atoms with Gasteiger partial charge in [0.15, 0.2) is 11.5 Å². The second-order valence-electron chi connectivity index (χ2n) is 3.43. The summed E-state index contributed by atoms with van der Waals surface area (Å²) in [5.74, 6) is -1.03. The van der Waals surface area contributed by atoms with E-state index in [0.29, 0.717) is 0 Å². The van der Waals surface area contributed by atoms with E-state index in [-0.39, 0.29) is 29.3 Å². The number of imidazole rings is 1. The molecule has 6 heteroatoms. The Bertz CT molecular complexity index is 578. The molecule has 0 saturated heterocycles. The Hall–Kier alpha value is -2.42. The van der Waals surface area contributed by atoms with E-state index < -0.39 is 11.6 Å². The van der Waals surface area contributed by atoms with E-state index in [1.165, 1.54) is 6.07 Å². The molecule has 0 amide bonds. The first-order valence-electron chi connectivity index (χ1n) is 4.79. The van der Waals surface area contributed by atoms with Crippen molar-refractivity contribution in [1.82, 2.24) is 9.97 Å². The summed E-state index contributed by atoms with van der Waals surface area (Å²) < 4.78 is 26.7. The van der Waals surface area contributed by atoms with Crippen LogP contribution >= 0.6 is 0 Å². The normalized spacial score (nSPS) is 10.2. The molecule has 17 heavy (non-hydrogen) atoms. The van der Waals surface area contributed by atoms with E-state index in [2.05, 4.69) is 9.97 Å². The minimum atomic E-state index is -0.654. The fourth-order valence-electron chi connectivity index (χ4n) is 1.48. The maximum atomic E-state index is 13.3. The first-order chi connectivity index (χ1) is 8.11. The van der Waals surface area contributed by atoms with E-state index in [1.807, 2.05) is 0 Å². The monoisotopic (exact) mass is 234 g/mol. The second-order valence-corrected chi connectivity index (χ2v) is 3.43. The zero-order chi connectivity index (χ0) is 12.4. The highest BCUT2D eigenvalue weighted by Crippen LogP contribution is 2.17. The number of H-pyrrole nitrogens is 1. The number of nitrogens with one attached hydrogen (secondary N) is 1. The number of hydrogen-bond acceptors (Lipinski definition) is 3. The van der Waals surface area contributed by atoms with Crippen molar-refractivity contribution in [2.24, 2.45) is 0 Å².